The van der Waals surface area contributed by atoms with Gasteiger partial charge >= 0.3 is 5.97 Å². The van der Waals surface area contributed by atoms with Gasteiger partial charge in [-0.3, -0.25) is 0 Å². The third-order valence-corrected chi connectivity index (χ3v) is 2.67. The van der Waals surface area contributed by atoms with E-state index in [9.17, 15) is 4.79 Å². The number of hydrogen-bond donors (Lipinski definition) is 1. The Morgan fingerprint density at radius 1 is 1.39 bits per heavy atom. The molecule has 1 aromatic carbocycles. The molecule has 0 aliphatic heterocycles. The summed E-state index contributed by atoms with van der Waals surface area (Å²) >= 11 is 0. The number of benzene rings is 1. The van der Waals surface area contributed by atoms with Crippen molar-refractivity contribution < 1.29 is 14.3 Å². The molecule has 100 valence electrons. The van der Waals surface area contributed by atoms with Gasteiger partial charge < -0.3 is 15.2 Å². The van der Waals surface area contributed by atoms with E-state index in [1.807, 2.05) is 19.1 Å². The number of rotatable bonds is 5. The number of aryl methyl sites for hydroxylation is 1. The van der Waals surface area contributed by atoms with Gasteiger partial charge in [0.05, 0.1) is 6.61 Å². The minimum absolute atomic E-state index is 0.0725. The van der Waals surface area contributed by atoms with Crippen LogP contribution in [0.1, 0.15) is 37.8 Å². The lowest BCUT2D eigenvalue weighted by Crippen LogP contribution is -2.15. The zero-order chi connectivity index (χ0) is 13.7. The molecule has 0 fully saturated rings. The largest absolute Gasteiger partial charge is 0.482 e. The standard InChI is InChI=1S/C14H21NO3/c1-5-17-14(16)8-18-13-6-10(4)12(15)7-11(13)9(2)3/h6-7,9H,5,8,15H2,1-4H3. The van der Waals surface area contributed by atoms with Crippen molar-refractivity contribution in [1.29, 1.82) is 0 Å². The highest BCUT2D eigenvalue weighted by molar-refractivity contribution is 5.71. The van der Waals surface area contributed by atoms with Crippen LogP contribution in [0, 0.1) is 6.92 Å². The van der Waals surface area contributed by atoms with Gasteiger partial charge in [0.1, 0.15) is 5.75 Å². The molecule has 2 N–H and O–H groups in total. The lowest BCUT2D eigenvalue weighted by Gasteiger charge is -2.16. The third-order valence-electron chi connectivity index (χ3n) is 2.67. The van der Waals surface area contributed by atoms with E-state index in [1.165, 1.54) is 0 Å². The van der Waals surface area contributed by atoms with Crippen LogP contribution in [-0.4, -0.2) is 19.2 Å². The van der Waals surface area contributed by atoms with Crippen molar-refractivity contribution in [3.05, 3.63) is 23.3 Å². The topological polar surface area (TPSA) is 61.5 Å². The van der Waals surface area contributed by atoms with E-state index in [4.69, 9.17) is 15.2 Å². The number of anilines is 1. The fourth-order valence-corrected chi connectivity index (χ4v) is 1.63. The highest BCUT2D eigenvalue weighted by atomic mass is 16.6. The highest BCUT2D eigenvalue weighted by Crippen LogP contribution is 2.30. The van der Waals surface area contributed by atoms with Crippen LogP contribution in [0.5, 0.6) is 5.75 Å². The molecule has 4 nitrogen and oxygen atoms in total. The number of hydrogen-bond acceptors (Lipinski definition) is 4. The maximum absolute atomic E-state index is 11.3. The van der Waals surface area contributed by atoms with Gasteiger partial charge in [0, 0.05) is 5.69 Å². The molecule has 4 heteroatoms. The molecule has 1 rings (SSSR count). The molecule has 0 radical (unpaired) electrons. The van der Waals surface area contributed by atoms with E-state index in [0.29, 0.717) is 12.4 Å². The van der Waals surface area contributed by atoms with E-state index in [-0.39, 0.29) is 18.5 Å². The summed E-state index contributed by atoms with van der Waals surface area (Å²) < 4.78 is 10.3. The van der Waals surface area contributed by atoms with Crippen LogP contribution >= 0.6 is 0 Å². The Balaban J connectivity index is 2.86. The smallest absolute Gasteiger partial charge is 0.344 e. The number of carbonyl (C=O) groups excluding carboxylic acids is 1. The predicted octanol–water partition coefficient (Wildman–Crippen LogP) is 2.64. The zero-order valence-electron chi connectivity index (χ0n) is 11.4. The second-order valence-corrected chi connectivity index (χ2v) is 4.50. The first kappa shape index (κ1) is 14.4. The fraction of sp³-hybridized carbons (Fsp3) is 0.500. The van der Waals surface area contributed by atoms with Crippen molar-refractivity contribution in [2.24, 2.45) is 0 Å². The quantitative estimate of drug-likeness (QED) is 0.645. The third kappa shape index (κ3) is 3.65. The molecule has 18 heavy (non-hydrogen) atoms. The molecule has 0 heterocycles. The second kappa shape index (κ2) is 6.28. The molecule has 0 amide bonds. The molecule has 0 aliphatic carbocycles. The predicted molar refractivity (Wildman–Crippen MR) is 71.8 cm³/mol. The molecular formula is C14H21NO3. The lowest BCUT2D eigenvalue weighted by atomic mass is 9.99. The van der Waals surface area contributed by atoms with Crippen LogP contribution in [0.4, 0.5) is 5.69 Å². The molecule has 0 saturated heterocycles. The summed E-state index contributed by atoms with van der Waals surface area (Å²) in [7, 11) is 0. The molecule has 0 bridgehead atoms. The van der Waals surface area contributed by atoms with Gasteiger partial charge in [-0.05, 0) is 43.0 Å². The van der Waals surface area contributed by atoms with E-state index in [2.05, 4.69) is 13.8 Å². The SMILES string of the molecule is CCOC(=O)COc1cc(C)c(N)cc1C(C)C. The summed E-state index contributed by atoms with van der Waals surface area (Å²) in [4.78, 5) is 11.3. The molecule has 0 aliphatic rings. The first-order chi connectivity index (χ1) is 8.45. The number of nitrogen functional groups attached to an aromatic ring is 1. The maximum Gasteiger partial charge on any atom is 0.344 e. The zero-order valence-corrected chi connectivity index (χ0v) is 11.4. The number of nitrogens with two attached hydrogens (primary N) is 1. The van der Waals surface area contributed by atoms with Crippen molar-refractivity contribution in [3.63, 3.8) is 0 Å². The van der Waals surface area contributed by atoms with Crippen molar-refractivity contribution in [2.45, 2.75) is 33.6 Å². The summed E-state index contributed by atoms with van der Waals surface area (Å²) in [6.45, 7) is 8.08. The summed E-state index contributed by atoms with van der Waals surface area (Å²) in [6.07, 6.45) is 0. The second-order valence-electron chi connectivity index (χ2n) is 4.50. The summed E-state index contributed by atoms with van der Waals surface area (Å²) in [6, 6.07) is 3.77. The molecule has 0 saturated carbocycles. The maximum atomic E-state index is 11.3. The van der Waals surface area contributed by atoms with E-state index in [0.717, 1.165) is 16.8 Å². The van der Waals surface area contributed by atoms with Crippen molar-refractivity contribution >= 4 is 11.7 Å². The van der Waals surface area contributed by atoms with Crippen LogP contribution in [0.2, 0.25) is 0 Å². The molecule has 0 unspecified atom stereocenters. The molecule has 0 aromatic heterocycles. The van der Waals surface area contributed by atoms with Crippen molar-refractivity contribution in [3.8, 4) is 5.75 Å². The Morgan fingerprint density at radius 2 is 2.06 bits per heavy atom. The van der Waals surface area contributed by atoms with E-state index in [1.54, 1.807) is 6.92 Å². The monoisotopic (exact) mass is 251 g/mol. The van der Waals surface area contributed by atoms with Gasteiger partial charge in [-0.25, -0.2) is 4.79 Å². The average Bonchev–Trinajstić information content (AvgIpc) is 2.30. The fourth-order valence-electron chi connectivity index (χ4n) is 1.63. The first-order valence-corrected chi connectivity index (χ1v) is 6.14. The number of ether oxygens (including phenoxy) is 2. The molecule has 0 spiro atoms. The van der Waals surface area contributed by atoms with Gasteiger partial charge in [-0.1, -0.05) is 13.8 Å². The van der Waals surface area contributed by atoms with Gasteiger partial charge in [-0.15, -0.1) is 0 Å². The Hall–Kier alpha value is -1.71. The summed E-state index contributed by atoms with van der Waals surface area (Å²) in [5, 5.41) is 0. The Bertz CT molecular complexity index is 427. The van der Waals surface area contributed by atoms with E-state index < -0.39 is 0 Å². The summed E-state index contributed by atoms with van der Waals surface area (Å²) in [5.41, 5.74) is 8.57. The van der Waals surface area contributed by atoms with Crippen LogP contribution in [0.3, 0.4) is 0 Å². The lowest BCUT2D eigenvalue weighted by molar-refractivity contribution is -0.145. The van der Waals surface area contributed by atoms with Gasteiger partial charge in [-0.2, -0.15) is 0 Å². The van der Waals surface area contributed by atoms with Crippen molar-refractivity contribution in [1.82, 2.24) is 0 Å². The normalized spacial score (nSPS) is 10.5. The Labute approximate surface area is 108 Å². The van der Waals surface area contributed by atoms with Gasteiger partial charge in [0.2, 0.25) is 0 Å². The van der Waals surface area contributed by atoms with Crippen LogP contribution in [0.15, 0.2) is 12.1 Å². The van der Waals surface area contributed by atoms with Crippen LogP contribution in [-0.2, 0) is 9.53 Å². The Morgan fingerprint density at radius 3 is 2.61 bits per heavy atom. The highest BCUT2D eigenvalue weighted by Gasteiger charge is 2.12. The molecule has 1 aromatic rings. The Kier molecular flexibility index (Phi) is 5.01. The van der Waals surface area contributed by atoms with Gasteiger partial charge in [0.25, 0.3) is 0 Å². The van der Waals surface area contributed by atoms with Crippen LogP contribution in [0.25, 0.3) is 0 Å². The van der Waals surface area contributed by atoms with Gasteiger partial charge in [0.15, 0.2) is 6.61 Å². The average molecular weight is 251 g/mol. The molecular weight excluding hydrogens is 230 g/mol. The summed E-state index contributed by atoms with van der Waals surface area (Å²) in [5.74, 6) is 0.622. The first-order valence-electron chi connectivity index (χ1n) is 6.14. The minimum atomic E-state index is -0.360. The van der Waals surface area contributed by atoms with Crippen molar-refractivity contribution in [2.75, 3.05) is 18.9 Å². The number of esters is 1. The van der Waals surface area contributed by atoms with Crippen LogP contribution < -0.4 is 10.5 Å². The van der Waals surface area contributed by atoms with E-state index >= 15 is 0 Å². The number of carbonyl (C=O) groups is 1. The molecule has 0 atom stereocenters. The minimum Gasteiger partial charge on any atom is -0.482 e.